The van der Waals surface area contributed by atoms with Gasteiger partial charge in [0.25, 0.3) is 0 Å². The van der Waals surface area contributed by atoms with Crippen LogP contribution in [0, 0.1) is 12.3 Å². The second-order valence-electron chi connectivity index (χ2n) is 6.65. The number of nitrogens with zero attached hydrogens (tertiary/aromatic N) is 4. The minimum Gasteiger partial charge on any atom is -0.344 e. The van der Waals surface area contributed by atoms with Crippen LogP contribution in [0.5, 0.6) is 0 Å². The predicted molar refractivity (Wildman–Crippen MR) is 102 cm³/mol. The van der Waals surface area contributed by atoms with Crippen LogP contribution in [0.4, 0.5) is 0 Å². The lowest BCUT2D eigenvalue weighted by molar-refractivity contribution is 0.378. The summed E-state index contributed by atoms with van der Waals surface area (Å²) in [4.78, 5) is 16.7. The summed E-state index contributed by atoms with van der Waals surface area (Å²) in [5.41, 5.74) is 6.31. The molecule has 1 fully saturated rings. The van der Waals surface area contributed by atoms with Crippen molar-refractivity contribution in [3.63, 3.8) is 0 Å². The molecular formula is C20H18N6. The second-order valence-corrected chi connectivity index (χ2v) is 6.65. The van der Waals surface area contributed by atoms with E-state index >= 15 is 0 Å². The standard InChI is InChI=1S/C20H18N6/c1-2-14-9-22-20-19(25-14)16(11-23-20)13-5-6-17-18(8-13)26(12-24-17)15-4-3-7-21-10-15/h1,5-6,8-9,11-12,15,21H,3-4,7,10H2,(H,22,23). The van der Waals surface area contributed by atoms with Crippen molar-refractivity contribution in [2.24, 2.45) is 0 Å². The number of aromatic nitrogens is 5. The zero-order chi connectivity index (χ0) is 17.5. The highest BCUT2D eigenvalue weighted by molar-refractivity contribution is 5.93. The van der Waals surface area contributed by atoms with Crippen molar-refractivity contribution >= 4 is 22.2 Å². The molecule has 0 bridgehead atoms. The summed E-state index contributed by atoms with van der Waals surface area (Å²) >= 11 is 0. The molecule has 5 rings (SSSR count). The lowest BCUT2D eigenvalue weighted by atomic mass is 10.1. The fourth-order valence-electron chi connectivity index (χ4n) is 3.74. The zero-order valence-electron chi connectivity index (χ0n) is 14.2. The molecule has 0 spiro atoms. The van der Waals surface area contributed by atoms with Crippen LogP contribution in [0.25, 0.3) is 33.3 Å². The average Bonchev–Trinajstić information content (AvgIpc) is 3.31. The Balaban J connectivity index is 1.65. The van der Waals surface area contributed by atoms with Crippen LogP contribution >= 0.6 is 0 Å². The van der Waals surface area contributed by atoms with Gasteiger partial charge in [0.05, 0.1) is 23.6 Å². The topological polar surface area (TPSA) is 71.4 Å². The largest absolute Gasteiger partial charge is 0.344 e. The molecule has 6 heteroatoms. The third-order valence-electron chi connectivity index (χ3n) is 5.08. The van der Waals surface area contributed by atoms with E-state index in [1.807, 2.05) is 12.5 Å². The van der Waals surface area contributed by atoms with Gasteiger partial charge in [-0.1, -0.05) is 6.07 Å². The Kier molecular flexibility index (Phi) is 3.47. The van der Waals surface area contributed by atoms with Gasteiger partial charge in [0.1, 0.15) is 11.2 Å². The summed E-state index contributed by atoms with van der Waals surface area (Å²) < 4.78 is 2.29. The summed E-state index contributed by atoms with van der Waals surface area (Å²) in [5, 5.41) is 3.48. The number of benzene rings is 1. The number of rotatable bonds is 2. The van der Waals surface area contributed by atoms with E-state index in [4.69, 9.17) is 6.42 Å². The minimum absolute atomic E-state index is 0.444. The molecule has 4 heterocycles. The van der Waals surface area contributed by atoms with Crippen molar-refractivity contribution in [3.05, 3.63) is 42.6 Å². The minimum atomic E-state index is 0.444. The highest BCUT2D eigenvalue weighted by atomic mass is 15.1. The smallest absolute Gasteiger partial charge is 0.156 e. The van der Waals surface area contributed by atoms with Gasteiger partial charge in [-0.05, 0) is 43.0 Å². The third kappa shape index (κ3) is 2.37. The Morgan fingerprint density at radius 3 is 3.08 bits per heavy atom. The highest BCUT2D eigenvalue weighted by Crippen LogP contribution is 2.30. The molecule has 4 aromatic rings. The van der Waals surface area contributed by atoms with Gasteiger partial charge in [0.15, 0.2) is 5.65 Å². The molecule has 1 saturated heterocycles. The summed E-state index contributed by atoms with van der Waals surface area (Å²) in [6, 6.07) is 6.77. The lowest BCUT2D eigenvalue weighted by Gasteiger charge is -2.24. The predicted octanol–water partition coefficient (Wildman–Crippen LogP) is 2.88. The van der Waals surface area contributed by atoms with Crippen molar-refractivity contribution in [2.75, 3.05) is 13.1 Å². The van der Waals surface area contributed by atoms with E-state index in [-0.39, 0.29) is 0 Å². The van der Waals surface area contributed by atoms with Gasteiger partial charge in [-0.2, -0.15) is 0 Å². The van der Waals surface area contributed by atoms with E-state index in [1.165, 1.54) is 12.8 Å². The Labute approximate surface area is 150 Å². The van der Waals surface area contributed by atoms with Gasteiger partial charge in [-0.15, -0.1) is 6.42 Å². The number of aromatic amines is 1. The molecule has 0 radical (unpaired) electrons. The second kappa shape index (κ2) is 5.97. The molecule has 128 valence electrons. The first-order valence-electron chi connectivity index (χ1n) is 8.82. The molecule has 1 aliphatic heterocycles. The van der Waals surface area contributed by atoms with Gasteiger partial charge < -0.3 is 14.9 Å². The summed E-state index contributed by atoms with van der Waals surface area (Å²) in [7, 11) is 0. The molecule has 1 aromatic carbocycles. The summed E-state index contributed by atoms with van der Waals surface area (Å²) in [6.07, 6.45) is 13.3. The SMILES string of the molecule is C#Cc1cnc2[nH]cc(-c3ccc4ncn(C5CCCNC5)c4c3)c2n1. The van der Waals surface area contributed by atoms with Crippen LogP contribution in [0.2, 0.25) is 0 Å². The van der Waals surface area contributed by atoms with Crippen LogP contribution in [0.15, 0.2) is 36.9 Å². The first-order chi connectivity index (χ1) is 12.8. The Bertz CT molecular complexity index is 1140. The number of hydrogen-bond acceptors (Lipinski definition) is 4. The van der Waals surface area contributed by atoms with E-state index in [2.05, 4.69) is 53.9 Å². The fraction of sp³-hybridized carbons (Fsp3) is 0.250. The maximum atomic E-state index is 5.48. The molecule has 1 unspecified atom stereocenters. The first kappa shape index (κ1) is 15.1. The number of nitrogens with one attached hydrogen (secondary N) is 2. The number of piperidine rings is 1. The number of H-pyrrole nitrogens is 1. The van der Waals surface area contributed by atoms with Crippen molar-refractivity contribution in [2.45, 2.75) is 18.9 Å². The van der Waals surface area contributed by atoms with Gasteiger partial charge in [0, 0.05) is 24.3 Å². The third-order valence-corrected chi connectivity index (χ3v) is 5.08. The van der Waals surface area contributed by atoms with E-state index in [0.29, 0.717) is 11.7 Å². The molecule has 1 aliphatic rings. The molecule has 0 aliphatic carbocycles. The van der Waals surface area contributed by atoms with Crippen molar-refractivity contribution in [1.29, 1.82) is 0 Å². The molecular weight excluding hydrogens is 324 g/mol. The van der Waals surface area contributed by atoms with Crippen molar-refractivity contribution in [3.8, 4) is 23.5 Å². The molecule has 1 atom stereocenters. The Morgan fingerprint density at radius 1 is 1.27 bits per heavy atom. The monoisotopic (exact) mass is 342 g/mol. The summed E-state index contributed by atoms with van der Waals surface area (Å²) in [5.74, 6) is 2.56. The van der Waals surface area contributed by atoms with Gasteiger partial charge in [0.2, 0.25) is 0 Å². The molecule has 0 amide bonds. The van der Waals surface area contributed by atoms with Gasteiger partial charge in [-0.3, -0.25) is 0 Å². The quantitative estimate of drug-likeness (QED) is 0.550. The van der Waals surface area contributed by atoms with Crippen LogP contribution in [0.3, 0.4) is 0 Å². The fourth-order valence-corrected chi connectivity index (χ4v) is 3.74. The van der Waals surface area contributed by atoms with E-state index < -0.39 is 0 Å². The lowest BCUT2D eigenvalue weighted by Crippen LogP contribution is -2.31. The number of imidazole rings is 1. The zero-order valence-corrected chi connectivity index (χ0v) is 14.2. The van der Waals surface area contributed by atoms with Crippen molar-refractivity contribution in [1.82, 2.24) is 29.8 Å². The normalized spacial score (nSPS) is 17.6. The van der Waals surface area contributed by atoms with Crippen LogP contribution < -0.4 is 5.32 Å². The number of fused-ring (bicyclic) bond motifs is 2. The average molecular weight is 342 g/mol. The Morgan fingerprint density at radius 2 is 2.23 bits per heavy atom. The maximum absolute atomic E-state index is 5.48. The van der Waals surface area contributed by atoms with Gasteiger partial charge in [-0.25, -0.2) is 15.0 Å². The Hall–Kier alpha value is -3.17. The molecule has 26 heavy (non-hydrogen) atoms. The molecule has 6 nitrogen and oxygen atoms in total. The number of terminal acetylenes is 1. The maximum Gasteiger partial charge on any atom is 0.156 e. The van der Waals surface area contributed by atoms with Crippen LogP contribution in [0.1, 0.15) is 24.6 Å². The van der Waals surface area contributed by atoms with Gasteiger partial charge >= 0.3 is 0 Å². The van der Waals surface area contributed by atoms with E-state index in [0.717, 1.165) is 46.4 Å². The van der Waals surface area contributed by atoms with E-state index in [1.54, 1.807) is 6.20 Å². The van der Waals surface area contributed by atoms with E-state index in [9.17, 15) is 0 Å². The highest BCUT2D eigenvalue weighted by Gasteiger charge is 2.18. The molecule has 3 aromatic heterocycles. The van der Waals surface area contributed by atoms with Crippen LogP contribution in [-0.2, 0) is 0 Å². The summed E-state index contributed by atoms with van der Waals surface area (Å²) in [6.45, 7) is 2.08. The first-order valence-corrected chi connectivity index (χ1v) is 8.82. The molecule has 0 saturated carbocycles. The molecule has 2 N–H and O–H groups in total. The van der Waals surface area contributed by atoms with Crippen LogP contribution in [-0.4, -0.2) is 37.6 Å². The number of hydrogen-bond donors (Lipinski definition) is 2. The van der Waals surface area contributed by atoms with Crippen molar-refractivity contribution < 1.29 is 0 Å².